The molecule has 148 valence electrons. The van der Waals surface area contributed by atoms with Crippen LogP contribution in [0.25, 0.3) is 0 Å². The maximum Gasteiger partial charge on any atom is 0.0425 e. The Morgan fingerprint density at radius 2 is 1.54 bits per heavy atom. The van der Waals surface area contributed by atoms with Crippen LogP contribution in [0.4, 0.5) is 0 Å². The Bertz CT molecular complexity index is 446. The monoisotopic (exact) mass is 411 g/mol. The zero-order chi connectivity index (χ0) is 18.8. The van der Waals surface area contributed by atoms with Crippen LogP contribution in [0.1, 0.15) is 79.1 Å². The first-order valence-corrected chi connectivity index (χ1v) is 12.7. The third kappa shape index (κ3) is 14.0. The van der Waals surface area contributed by atoms with Gasteiger partial charge in [0.1, 0.15) is 0 Å². The molecule has 0 fully saturated rings. The van der Waals surface area contributed by atoms with Crippen molar-refractivity contribution in [1.82, 2.24) is 0 Å². The van der Waals surface area contributed by atoms with Crippen LogP contribution in [0.2, 0.25) is 0 Å². The van der Waals surface area contributed by atoms with Crippen molar-refractivity contribution in [2.45, 2.75) is 79.1 Å². The fourth-order valence-electron chi connectivity index (χ4n) is 2.86. The van der Waals surface area contributed by atoms with Gasteiger partial charge in [0.2, 0.25) is 0 Å². The summed E-state index contributed by atoms with van der Waals surface area (Å²) in [5, 5.41) is 0. The molecule has 1 aliphatic rings. The van der Waals surface area contributed by atoms with Crippen molar-refractivity contribution >= 4 is 7.05 Å². The Balaban J connectivity index is 0. The van der Waals surface area contributed by atoms with Gasteiger partial charge < -0.3 is 0 Å². The van der Waals surface area contributed by atoms with Crippen LogP contribution < -0.4 is 0 Å². The first-order valence-electron chi connectivity index (χ1n) is 10.4. The Hall–Kier alpha value is -0.0957. The van der Waals surface area contributed by atoms with Crippen LogP contribution in [0.5, 0.6) is 0 Å². The van der Waals surface area contributed by atoms with Gasteiger partial charge in [-0.1, -0.05) is 83.9 Å². The number of rotatable bonds is 12. The Morgan fingerprint density at radius 3 is 1.85 bits per heavy atom. The molecule has 1 rings (SSSR count). The number of hydrogen-bond donors (Lipinski definition) is 0. The first kappa shape index (κ1) is 28.1. The van der Waals surface area contributed by atoms with Gasteiger partial charge in [0.05, 0.1) is 0 Å². The van der Waals surface area contributed by atoms with Crippen LogP contribution in [-0.2, 0) is 21.7 Å². The molecule has 0 radical (unpaired) electrons. The van der Waals surface area contributed by atoms with E-state index in [9.17, 15) is 0 Å². The fourth-order valence-corrected chi connectivity index (χ4v) is 7.24. The van der Waals surface area contributed by atoms with E-state index in [-0.39, 0.29) is 21.7 Å². The maximum atomic E-state index is 5.33. The molecule has 1 aliphatic carbocycles. The number of nitrogens with zero attached hydrogens (tertiary/aromatic N) is 1. The molecule has 3 heteroatoms. The van der Waals surface area contributed by atoms with Crippen LogP contribution in [0.15, 0.2) is 53.5 Å². The average molecular weight is 411 g/mol. The topological polar surface area (TPSA) is 12.4 Å². The molecular weight excluding hydrogens is 369 g/mol. The smallest absolute Gasteiger partial charge is 0.0425 e. The van der Waals surface area contributed by atoms with E-state index >= 15 is 0 Å². The van der Waals surface area contributed by atoms with Crippen molar-refractivity contribution in [3.8, 4) is 0 Å². The van der Waals surface area contributed by atoms with E-state index in [2.05, 4.69) is 58.6 Å². The zero-order valence-electron chi connectivity index (χ0n) is 17.8. The van der Waals surface area contributed by atoms with Crippen molar-refractivity contribution < 1.29 is 21.7 Å². The van der Waals surface area contributed by atoms with E-state index in [1.807, 2.05) is 6.08 Å². The van der Waals surface area contributed by atoms with Crippen molar-refractivity contribution in [3.63, 3.8) is 0 Å². The fraction of sp³-hybridized carbons (Fsp3) is 0.652. The van der Waals surface area contributed by atoms with Gasteiger partial charge in [-0.3, -0.25) is 4.74 Å². The second-order valence-electron chi connectivity index (χ2n) is 6.79. The van der Waals surface area contributed by atoms with Crippen molar-refractivity contribution in [3.05, 3.63) is 48.7 Å². The quantitative estimate of drug-likeness (QED) is 0.173. The molecular formula is C23H42NPTi. The molecule has 0 aromatic heterocycles. The molecule has 0 N–H and O–H groups in total. The summed E-state index contributed by atoms with van der Waals surface area (Å²) in [4.78, 5) is 0. The largest absolute Gasteiger partial charge is 0.272 e. The molecule has 0 heterocycles. The number of unbranched alkanes of at least 4 members (excludes halogenated alkanes) is 3. The van der Waals surface area contributed by atoms with Gasteiger partial charge in [0.15, 0.2) is 0 Å². The molecule has 0 saturated heterocycles. The third-order valence-corrected chi connectivity index (χ3v) is 8.51. The van der Waals surface area contributed by atoms with Crippen LogP contribution in [0, 0.1) is 0 Å². The molecule has 0 bridgehead atoms. The van der Waals surface area contributed by atoms with Gasteiger partial charge in [-0.15, -0.1) is 0 Å². The van der Waals surface area contributed by atoms with Crippen molar-refractivity contribution in [2.24, 2.45) is 4.74 Å². The van der Waals surface area contributed by atoms with E-state index in [1.165, 1.54) is 62.7 Å². The van der Waals surface area contributed by atoms with Crippen LogP contribution in [-0.4, -0.2) is 18.5 Å². The second kappa shape index (κ2) is 19.7. The minimum Gasteiger partial charge on any atom is -0.272 e. The summed E-state index contributed by atoms with van der Waals surface area (Å²) in [6.45, 7) is 12.5. The first-order chi connectivity index (χ1) is 12.2. The van der Waals surface area contributed by atoms with Gasteiger partial charge in [0.25, 0.3) is 0 Å². The summed E-state index contributed by atoms with van der Waals surface area (Å²) in [7, 11) is -1.08. The van der Waals surface area contributed by atoms with Crippen LogP contribution >= 0.6 is 7.05 Å². The molecule has 0 spiro atoms. The number of allylic oxidation sites excluding steroid dienone is 6. The van der Waals surface area contributed by atoms with Gasteiger partial charge in [-0.05, 0) is 57.3 Å². The summed E-state index contributed by atoms with van der Waals surface area (Å²) in [5.41, 5.74) is 1.36. The minimum absolute atomic E-state index is 0. The van der Waals surface area contributed by atoms with E-state index < -0.39 is 7.05 Å². The Morgan fingerprint density at radius 1 is 1.00 bits per heavy atom. The summed E-state index contributed by atoms with van der Waals surface area (Å²) >= 11 is 0. The minimum atomic E-state index is -1.08. The molecule has 0 aliphatic heterocycles. The SMILES string of the molecule is C=CC=CCC.CCCCP(CCCC)(CCCC)=NC1=CC=CC1.[Ti]. The van der Waals surface area contributed by atoms with Crippen molar-refractivity contribution in [2.75, 3.05) is 18.5 Å². The predicted molar refractivity (Wildman–Crippen MR) is 120 cm³/mol. The molecule has 0 aromatic carbocycles. The van der Waals surface area contributed by atoms with E-state index in [4.69, 9.17) is 4.74 Å². The molecule has 1 nitrogen and oxygen atoms in total. The van der Waals surface area contributed by atoms with E-state index in [1.54, 1.807) is 6.08 Å². The number of hydrogen-bond acceptors (Lipinski definition) is 1. The summed E-state index contributed by atoms with van der Waals surface area (Å²) in [6, 6.07) is 0. The molecule has 0 unspecified atom stereocenters. The molecule has 0 aromatic rings. The Labute approximate surface area is 179 Å². The van der Waals surface area contributed by atoms with Gasteiger partial charge in [0, 0.05) is 33.8 Å². The van der Waals surface area contributed by atoms with Gasteiger partial charge in [-0.25, -0.2) is 0 Å². The molecule has 0 amide bonds. The van der Waals surface area contributed by atoms with Crippen LogP contribution in [0.3, 0.4) is 0 Å². The normalized spacial score (nSPS) is 13.0. The van der Waals surface area contributed by atoms with Crippen molar-refractivity contribution in [1.29, 1.82) is 0 Å². The summed E-state index contributed by atoms with van der Waals surface area (Å²) in [5.74, 6) is 0. The maximum absolute atomic E-state index is 5.33. The summed E-state index contributed by atoms with van der Waals surface area (Å²) in [6.07, 6.45) is 26.8. The molecule has 26 heavy (non-hydrogen) atoms. The Kier molecular flexibility index (Phi) is 21.3. The van der Waals surface area contributed by atoms with E-state index in [0.717, 1.165) is 12.8 Å². The van der Waals surface area contributed by atoms with Gasteiger partial charge in [-0.2, -0.15) is 0 Å². The molecule has 0 atom stereocenters. The predicted octanol–water partition coefficient (Wildman–Crippen LogP) is 8.57. The van der Waals surface area contributed by atoms with Gasteiger partial charge >= 0.3 is 0 Å². The third-order valence-electron chi connectivity index (χ3n) is 4.38. The zero-order valence-corrected chi connectivity index (χ0v) is 20.3. The van der Waals surface area contributed by atoms with E-state index in [0.29, 0.717) is 0 Å². The second-order valence-corrected chi connectivity index (χ2v) is 10.5. The summed E-state index contributed by atoms with van der Waals surface area (Å²) < 4.78 is 5.33. The molecule has 0 saturated carbocycles. The standard InChI is InChI=1S/C17H32NP.C6H10.Ti/c1-4-7-14-19(15-8-5-2,16-9-6-3)18-17-12-10-11-13-17;1-3-5-6-4-2;/h10-12H,4-9,13-16H2,1-3H3;3,5-6H,1,4H2,2H3;. The average Bonchev–Trinajstić information content (AvgIpc) is 3.14.